The Morgan fingerprint density at radius 3 is 2.27 bits per heavy atom. The van der Waals surface area contributed by atoms with Gasteiger partial charge in [-0.15, -0.1) is 0 Å². The number of nitrogens with zero attached hydrogens (tertiary/aromatic N) is 3. The molecule has 200 valence electrons. The highest BCUT2D eigenvalue weighted by atomic mass is 19.4. The molecule has 1 aromatic carbocycles. The van der Waals surface area contributed by atoms with Gasteiger partial charge in [-0.1, -0.05) is 24.8 Å². The third-order valence-corrected chi connectivity index (χ3v) is 5.82. The van der Waals surface area contributed by atoms with Crippen LogP contribution in [0.25, 0.3) is 5.70 Å². The van der Waals surface area contributed by atoms with Crippen molar-refractivity contribution >= 4 is 29.1 Å². The third kappa shape index (κ3) is 9.36. The van der Waals surface area contributed by atoms with Gasteiger partial charge >= 0.3 is 12.1 Å². The number of carboxylic acid groups (broad SMARTS) is 1. The Balaban J connectivity index is 2.20. The molecular weight excluding hydrogens is 485 g/mol. The van der Waals surface area contributed by atoms with Gasteiger partial charge in [-0.05, 0) is 57.2 Å². The van der Waals surface area contributed by atoms with E-state index >= 15 is 0 Å². The Bertz CT molecular complexity index is 1110. The summed E-state index contributed by atoms with van der Waals surface area (Å²) in [7, 11) is 1.49. The number of aliphatic imine (C=N–C) groups is 2. The molecule has 10 heteroatoms. The lowest BCUT2D eigenvalue weighted by atomic mass is 10.0. The lowest BCUT2D eigenvalue weighted by Gasteiger charge is -2.17. The molecule has 0 atom stereocenters. The first kappa shape index (κ1) is 29.5. The van der Waals surface area contributed by atoms with E-state index in [1.54, 1.807) is 19.1 Å². The van der Waals surface area contributed by atoms with Gasteiger partial charge in [0.15, 0.2) is 0 Å². The van der Waals surface area contributed by atoms with E-state index in [2.05, 4.69) is 16.9 Å². The van der Waals surface area contributed by atoms with Gasteiger partial charge in [0.05, 0.1) is 30.1 Å². The summed E-state index contributed by atoms with van der Waals surface area (Å²) in [5.41, 5.74) is 3.13. The molecule has 2 rings (SSSR count). The molecule has 1 aliphatic rings. The quantitative estimate of drug-likeness (QED) is 0.239. The highest BCUT2D eigenvalue weighted by Gasteiger charge is 2.31. The van der Waals surface area contributed by atoms with Gasteiger partial charge in [-0.2, -0.15) is 13.2 Å². The Kier molecular flexibility index (Phi) is 10.8. The van der Waals surface area contributed by atoms with Crippen molar-refractivity contribution in [3.8, 4) is 0 Å². The molecule has 1 aliphatic carbocycles. The van der Waals surface area contributed by atoms with Crippen molar-refractivity contribution in [1.82, 2.24) is 10.2 Å². The number of halogens is 3. The third-order valence-electron chi connectivity index (χ3n) is 5.82. The molecule has 2 N–H and O–H groups in total. The van der Waals surface area contributed by atoms with E-state index in [1.807, 2.05) is 19.1 Å². The van der Waals surface area contributed by atoms with Crippen LogP contribution in [0.1, 0.15) is 61.9 Å². The minimum atomic E-state index is -4.50. The summed E-state index contributed by atoms with van der Waals surface area (Å²) in [5, 5.41) is 11.3. The molecule has 0 aliphatic heterocycles. The van der Waals surface area contributed by atoms with Crippen molar-refractivity contribution in [2.24, 2.45) is 9.98 Å². The number of alkyl halides is 3. The van der Waals surface area contributed by atoms with Crippen LogP contribution in [0.15, 0.2) is 64.3 Å². The minimum absolute atomic E-state index is 0.0464. The number of carbonyl (C=O) groups excluding carboxylic acids is 1. The number of hydrogen-bond acceptors (Lipinski definition) is 4. The zero-order valence-corrected chi connectivity index (χ0v) is 21.4. The molecule has 0 saturated heterocycles. The standard InChI is InChI=1S/C27H33F3N4O3/c1-5-23(27(28,29)30)17-34(4)19(3)32-16-18(2)33-25(20-8-6-7-9-20)21-10-12-22(13-11-21)26(37)31-15-14-24(35)36/h5,10-13,17H,1,6-9,14-16H2,2-4H3,(H,31,37)(H,35,36). The number of allylic oxidation sites excluding steroid dienone is 3. The van der Waals surface area contributed by atoms with E-state index in [-0.39, 0.29) is 25.4 Å². The smallest absolute Gasteiger partial charge is 0.417 e. The average Bonchev–Trinajstić information content (AvgIpc) is 3.38. The highest BCUT2D eigenvalue weighted by molar-refractivity contribution is 5.95. The summed E-state index contributed by atoms with van der Waals surface area (Å²) in [6.07, 6.45) is 1.03. The predicted molar refractivity (Wildman–Crippen MR) is 140 cm³/mol. The van der Waals surface area contributed by atoms with Crippen LogP contribution < -0.4 is 5.32 Å². The van der Waals surface area contributed by atoms with E-state index in [4.69, 9.17) is 10.1 Å². The number of benzene rings is 1. The van der Waals surface area contributed by atoms with Gasteiger partial charge < -0.3 is 15.3 Å². The van der Waals surface area contributed by atoms with Crippen molar-refractivity contribution in [2.45, 2.75) is 52.1 Å². The molecule has 1 amide bonds. The number of rotatable bonds is 10. The van der Waals surface area contributed by atoms with Crippen LogP contribution in [-0.2, 0) is 4.79 Å². The molecule has 0 heterocycles. The molecule has 37 heavy (non-hydrogen) atoms. The molecular formula is C27H33F3N4O3. The molecule has 7 nitrogen and oxygen atoms in total. The van der Waals surface area contributed by atoms with Crippen molar-refractivity contribution < 1.29 is 27.9 Å². The second kappa shape index (κ2) is 13.6. The first-order valence-electron chi connectivity index (χ1n) is 11.9. The second-order valence-electron chi connectivity index (χ2n) is 8.74. The second-order valence-corrected chi connectivity index (χ2v) is 8.74. The average molecular weight is 519 g/mol. The molecule has 1 fully saturated rings. The maximum absolute atomic E-state index is 13.0. The number of carboxylic acids is 1. The summed E-state index contributed by atoms with van der Waals surface area (Å²) >= 11 is 0. The van der Waals surface area contributed by atoms with Crippen molar-refractivity contribution in [3.05, 3.63) is 65.4 Å². The molecule has 0 unspecified atom stereocenters. The Hall–Kier alpha value is -3.69. The SMILES string of the molecule is C=CC(=CN(C)C(C)=NCC(C)=NC(=C1CCCC1)c1ccc(C(=O)NCCC(=O)O)cc1)C(F)(F)F. The van der Waals surface area contributed by atoms with Crippen LogP contribution in [0.4, 0.5) is 13.2 Å². The van der Waals surface area contributed by atoms with E-state index in [0.717, 1.165) is 49.2 Å². The fourth-order valence-corrected chi connectivity index (χ4v) is 3.66. The number of aliphatic carboxylic acids is 1. The number of amidine groups is 1. The van der Waals surface area contributed by atoms with Gasteiger partial charge in [0.2, 0.25) is 0 Å². The summed E-state index contributed by atoms with van der Waals surface area (Å²) in [5.74, 6) is -0.940. The Morgan fingerprint density at radius 2 is 1.73 bits per heavy atom. The maximum Gasteiger partial charge on any atom is 0.417 e. The van der Waals surface area contributed by atoms with E-state index < -0.39 is 17.7 Å². The van der Waals surface area contributed by atoms with E-state index in [0.29, 0.717) is 17.1 Å². The first-order chi connectivity index (χ1) is 17.4. The van der Waals surface area contributed by atoms with Crippen molar-refractivity contribution in [1.29, 1.82) is 0 Å². The predicted octanol–water partition coefficient (Wildman–Crippen LogP) is 5.62. The van der Waals surface area contributed by atoms with Gasteiger partial charge in [0.25, 0.3) is 5.91 Å². The summed E-state index contributed by atoms with van der Waals surface area (Å²) in [6, 6.07) is 6.97. The maximum atomic E-state index is 13.0. The van der Waals surface area contributed by atoms with E-state index in [9.17, 15) is 22.8 Å². The number of nitrogens with one attached hydrogen (secondary N) is 1. The lowest BCUT2D eigenvalue weighted by molar-refractivity contribution is -0.136. The van der Waals surface area contributed by atoms with Crippen LogP contribution >= 0.6 is 0 Å². The molecule has 0 radical (unpaired) electrons. The number of hydrogen-bond donors (Lipinski definition) is 2. The number of carbonyl (C=O) groups is 2. The molecule has 0 bridgehead atoms. The zero-order valence-electron chi connectivity index (χ0n) is 21.4. The molecule has 1 aromatic rings. The van der Waals surface area contributed by atoms with Crippen LogP contribution in [0, 0.1) is 0 Å². The van der Waals surface area contributed by atoms with Crippen LogP contribution in [-0.4, -0.2) is 59.7 Å². The van der Waals surface area contributed by atoms with Crippen LogP contribution in [0.3, 0.4) is 0 Å². The van der Waals surface area contributed by atoms with Gasteiger partial charge in [-0.25, -0.2) is 0 Å². The van der Waals surface area contributed by atoms with Gasteiger partial charge in [0, 0.05) is 36.6 Å². The normalized spacial score (nSPS) is 15.0. The molecule has 0 spiro atoms. The lowest BCUT2D eigenvalue weighted by Crippen LogP contribution is -2.25. The fourth-order valence-electron chi connectivity index (χ4n) is 3.66. The zero-order chi connectivity index (χ0) is 27.6. The topological polar surface area (TPSA) is 94.4 Å². The van der Waals surface area contributed by atoms with Crippen molar-refractivity contribution in [2.75, 3.05) is 20.1 Å². The Labute approximate surface area is 215 Å². The number of amides is 1. The first-order valence-corrected chi connectivity index (χ1v) is 11.9. The summed E-state index contributed by atoms with van der Waals surface area (Å²) in [6.45, 7) is 6.92. The van der Waals surface area contributed by atoms with Crippen LogP contribution in [0.5, 0.6) is 0 Å². The minimum Gasteiger partial charge on any atom is -0.481 e. The Morgan fingerprint density at radius 1 is 1.14 bits per heavy atom. The largest absolute Gasteiger partial charge is 0.481 e. The summed E-state index contributed by atoms with van der Waals surface area (Å²) in [4.78, 5) is 33.4. The van der Waals surface area contributed by atoms with Crippen LogP contribution in [0.2, 0.25) is 0 Å². The molecule has 1 saturated carbocycles. The summed E-state index contributed by atoms with van der Waals surface area (Å²) < 4.78 is 39.0. The fraction of sp³-hybridized carbons (Fsp3) is 0.407. The van der Waals surface area contributed by atoms with E-state index in [1.165, 1.54) is 17.5 Å². The highest BCUT2D eigenvalue weighted by Crippen LogP contribution is 2.33. The molecule has 0 aromatic heterocycles. The van der Waals surface area contributed by atoms with Gasteiger partial charge in [0.1, 0.15) is 0 Å². The monoisotopic (exact) mass is 518 g/mol. The van der Waals surface area contributed by atoms with Crippen molar-refractivity contribution in [3.63, 3.8) is 0 Å². The van der Waals surface area contributed by atoms with Gasteiger partial charge in [-0.3, -0.25) is 19.6 Å².